The van der Waals surface area contributed by atoms with Gasteiger partial charge in [0.05, 0.1) is 6.26 Å². The second-order valence-electron chi connectivity index (χ2n) is 4.56. The predicted molar refractivity (Wildman–Crippen MR) is 102 cm³/mol. The molecule has 1 amide bonds. The van der Waals surface area contributed by atoms with E-state index in [0.29, 0.717) is 18.8 Å². The van der Waals surface area contributed by atoms with Gasteiger partial charge in [0, 0.05) is 39.9 Å². The maximum absolute atomic E-state index is 11.6. The van der Waals surface area contributed by atoms with Crippen LogP contribution in [0, 0.1) is 0 Å². The highest BCUT2D eigenvalue weighted by molar-refractivity contribution is 14.0. The van der Waals surface area contributed by atoms with Gasteiger partial charge in [0.25, 0.3) is 5.91 Å². The van der Waals surface area contributed by atoms with Gasteiger partial charge in [0.2, 0.25) is 0 Å². The third kappa shape index (κ3) is 10.2. The lowest BCUT2D eigenvalue weighted by atomic mass is 10.3. The van der Waals surface area contributed by atoms with Crippen LogP contribution in [0.1, 0.15) is 30.3 Å². The zero-order chi connectivity index (χ0) is 16.0. The van der Waals surface area contributed by atoms with E-state index in [1.165, 1.54) is 6.26 Å². The van der Waals surface area contributed by atoms with Crippen molar-refractivity contribution >= 4 is 35.8 Å². The van der Waals surface area contributed by atoms with E-state index in [-0.39, 0.29) is 29.9 Å². The number of hydrogen-bond acceptors (Lipinski definition) is 4. The normalized spacial score (nSPS) is 10.8. The molecule has 8 heteroatoms. The smallest absolute Gasteiger partial charge is 0.287 e. The number of halogens is 1. The number of aliphatic imine (C=N–C) groups is 1. The molecule has 1 aromatic rings. The fourth-order valence-electron chi connectivity index (χ4n) is 1.75. The van der Waals surface area contributed by atoms with Crippen LogP contribution in [0.25, 0.3) is 0 Å². The highest BCUT2D eigenvalue weighted by atomic mass is 127. The second-order valence-corrected chi connectivity index (χ2v) is 4.56. The Morgan fingerprint density at radius 1 is 1.22 bits per heavy atom. The van der Waals surface area contributed by atoms with Crippen molar-refractivity contribution in [1.29, 1.82) is 0 Å². The van der Waals surface area contributed by atoms with Crippen LogP contribution in [-0.2, 0) is 4.74 Å². The van der Waals surface area contributed by atoms with Crippen LogP contribution in [0.2, 0.25) is 0 Å². The van der Waals surface area contributed by atoms with E-state index < -0.39 is 0 Å². The molecule has 0 aliphatic heterocycles. The van der Waals surface area contributed by atoms with Crippen LogP contribution < -0.4 is 16.0 Å². The number of rotatable bonds is 10. The zero-order valence-corrected chi connectivity index (χ0v) is 16.1. The van der Waals surface area contributed by atoms with Crippen molar-refractivity contribution in [3.05, 3.63) is 24.2 Å². The lowest BCUT2D eigenvalue weighted by molar-refractivity contribution is 0.0926. The molecule has 1 aromatic heterocycles. The molecule has 3 N–H and O–H groups in total. The molecule has 1 heterocycles. The lowest BCUT2D eigenvalue weighted by Crippen LogP contribution is -2.41. The molecule has 0 unspecified atom stereocenters. The Balaban J connectivity index is 0.00000484. The largest absolute Gasteiger partial charge is 0.459 e. The first-order chi connectivity index (χ1) is 10.8. The average Bonchev–Trinajstić information content (AvgIpc) is 3.07. The van der Waals surface area contributed by atoms with Gasteiger partial charge in [0.15, 0.2) is 11.7 Å². The highest BCUT2D eigenvalue weighted by Crippen LogP contribution is 1.98. The van der Waals surface area contributed by atoms with Crippen molar-refractivity contribution < 1.29 is 13.9 Å². The molecule has 0 spiro atoms. The highest BCUT2D eigenvalue weighted by Gasteiger charge is 2.06. The van der Waals surface area contributed by atoms with E-state index in [2.05, 4.69) is 20.9 Å². The Labute approximate surface area is 154 Å². The fraction of sp³-hybridized carbons (Fsp3) is 0.600. The van der Waals surface area contributed by atoms with E-state index in [0.717, 1.165) is 38.6 Å². The molecular formula is C15H27IN4O3. The van der Waals surface area contributed by atoms with Gasteiger partial charge in [-0.3, -0.25) is 9.79 Å². The predicted octanol–water partition coefficient (Wildman–Crippen LogP) is 1.61. The lowest BCUT2D eigenvalue weighted by Gasteiger charge is -2.12. The number of carbonyl (C=O) groups is 1. The van der Waals surface area contributed by atoms with E-state index in [1.54, 1.807) is 19.2 Å². The van der Waals surface area contributed by atoms with Crippen LogP contribution in [0.5, 0.6) is 0 Å². The number of unbranched alkanes of at least 4 members (excludes halogenated alkanes) is 1. The first-order valence-corrected chi connectivity index (χ1v) is 7.62. The number of amides is 1. The third-order valence-corrected chi connectivity index (χ3v) is 2.88. The molecule has 1 rings (SSSR count). The van der Waals surface area contributed by atoms with Crippen molar-refractivity contribution in [3.8, 4) is 0 Å². The van der Waals surface area contributed by atoms with Gasteiger partial charge in [0.1, 0.15) is 0 Å². The Hall–Kier alpha value is -1.29. The number of nitrogens with one attached hydrogen (secondary N) is 3. The summed E-state index contributed by atoms with van der Waals surface area (Å²) in [6, 6.07) is 3.32. The van der Waals surface area contributed by atoms with Crippen LogP contribution in [0.15, 0.2) is 27.8 Å². The Kier molecular flexibility index (Phi) is 13.5. The van der Waals surface area contributed by atoms with Crippen LogP contribution in [0.4, 0.5) is 0 Å². The maximum atomic E-state index is 11.6. The van der Waals surface area contributed by atoms with E-state index >= 15 is 0 Å². The maximum Gasteiger partial charge on any atom is 0.287 e. The summed E-state index contributed by atoms with van der Waals surface area (Å²) in [6.07, 6.45) is 3.53. The van der Waals surface area contributed by atoms with Crippen molar-refractivity contribution in [2.75, 3.05) is 39.9 Å². The van der Waals surface area contributed by atoms with Crippen molar-refractivity contribution in [3.63, 3.8) is 0 Å². The summed E-state index contributed by atoms with van der Waals surface area (Å²) >= 11 is 0. The first-order valence-electron chi connectivity index (χ1n) is 7.62. The van der Waals surface area contributed by atoms with Gasteiger partial charge in [-0.25, -0.2) is 0 Å². The fourth-order valence-corrected chi connectivity index (χ4v) is 1.75. The minimum atomic E-state index is -0.217. The molecule has 0 aliphatic rings. The monoisotopic (exact) mass is 438 g/mol. The second kappa shape index (κ2) is 14.3. The molecule has 0 saturated heterocycles. The van der Waals surface area contributed by atoms with Gasteiger partial charge < -0.3 is 25.1 Å². The summed E-state index contributed by atoms with van der Waals surface area (Å²) in [5.74, 6) is 0.825. The Bertz CT molecular complexity index is 438. The molecule has 23 heavy (non-hydrogen) atoms. The SMILES string of the molecule is CCOCCCCNC(=NC)NCCNC(=O)c1ccco1.I. The average molecular weight is 438 g/mol. The standard InChI is InChI=1S/C15H26N4O3.HI/c1-3-21-11-5-4-8-18-15(16-2)19-10-9-17-14(20)13-7-6-12-22-13;/h6-7,12H,3-5,8-11H2,1-2H3,(H,17,20)(H2,16,18,19);1H. The van der Waals surface area contributed by atoms with E-state index in [9.17, 15) is 4.79 Å². The summed E-state index contributed by atoms with van der Waals surface area (Å²) in [7, 11) is 1.72. The van der Waals surface area contributed by atoms with Gasteiger partial charge in [-0.05, 0) is 31.9 Å². The van der Waals surface area contributed by atoms with Gasteiger partial charge in [-0.15, -0.1) is 24.0 Å². The molecule has 7 nitrogen and oxygen atoms in total. The third-order valence-electron chi connectivity index (χ3n) is 2.88. The van der Waals surface area contributed by atoms with Gasteiger partial charge >= 0.3 is 0 Å². The van der Waals surface area contributed by atoms with Crippen molar-refractivity contribution in [1.82, 2.24) is 16.0 Å². The minimum absolute atomic E-state index is 0. The van der Waals surface area contributed by atoms with Gasteiger partial charge in [-0.1, -0.05) is 0 Å². The van der Waals surface area contributed by atoms with Crippen molar-refractivity contribution in [2.45, 2.75) is 19.8 Å². The molecule has 0 radical (unpaired) electrons. The Morgan fingerprint density at radius 3 is 2.61 bits per heavy atom. The quantitative estimate of drug-likeness (QED) is 0.224. The molecule has 0 saturated carbocycles. The number of carbonyl (C=O) groups excluding carboxylic acids is 1. The number of guanidine groups is 1. The first kappa shape index (κ1) is 21.7. The van der Waals surface area contributed by atoms with E-state index in [1.807, 2.05) is 6.92 Å². The summed E-state index contributed by atoms with van der Waals surface area (Å²) in [6.45, 7) is 5.47. The zero-order valence-electron chi connectivity index (χ0n) is 13.8. The Morgan fingerprint density at radius 2 is 1.96 bits per heavy atom. The molecule has 0 aromatic carbocycles. The number of furan rings is 1. The van der Waals surface area contributed by atoms with Crippen LogP contribution in [-0.4, -0.2) is 51.8 Å². The topological polar surface area (TPSA) is 87.9 Å². The van der Waals surface area contributed by atoms with E-state index in [4.69, 9.17) is 9.15 Å². The molecular weight excluding hydrogens is 411 g/mol. The molecule has 0 bridgehead atoms. The molecule has 0 aliphatic carbocycles. The summed E-state index contributed by atoms with van der Waals surface area (Å²) < 4.78 is 10.3. The summed E-state index contributed by atoms with van der Waals surface area (Å²) in [5.41, 5.74) is 0. The summed E-state index contributed by atoms with van der Waals surface area (Å²) in [5, 5.41) is 9.11. The number of hydrogen-bond donors (Lipinski definition) is 3. The number of nitrogens with zero attached hydrogens (tertiary/aromatic N) is 1. The number of ether oxygens (including phenoxy) is 1. The molecule has 0 atom stereocenters. The van der Waals surface area contributed by atoms with Crippen LogP contribution in [0.3, 0.4) is 0 Å². The minimum Gasteiger partial charge on any atom is -0.459 e. The molecule has 132 valence electrons. The van der Waals surface area contributed by atoms with Gasteiger partial charge in [-0.2, -0.15) is 0 Å². The van der Waals surface area contributed by atoms with Crippen LogP contribution >= 0.6 is 24.0 Å². The van der Waals surface area contributed by atoms with Crippen molar-refractivity contribution in [2.24, 2.45) is 4.99 Å². The molecule has 0 fully saturated rings. The summed E-state index contributed by atoms with van der Waals surface area (Å²) in [4.78, 5) is 15.7.